The number of benzene rings is 1. The van der Waals surface area contributed by atoms with Crippen molar-refractivity contribution >= 4 is 17.5 Å². The molecule has 3 aliphatic rings. The van der Waals surface area contributed by atoms with Crippen LogP contribution in [0.1, 0.15) is 36.0 Å². The third kappa shape index (κ3) is 2.81. The lowest BCUT2D eigenvalue weighted by Gasteiger charge is -2.33. The molecular formula is C20H16F2N2O2. The van der Waals surface area contributed by atoms with E-state index in [1.165, 1.54) is 6.07 Å². The maximum atomic E-state index is 13.7. The van der Waals surface area contributed by atoms with E-state index in [4.69, 9.17) is 0 Å². The van der Waals surface area contributed by atoms with Crippen LogP contribution in [0.5, 0.6) is 0 Å². The zero-order valence-corrected chi connectivity index (χ0v) is 13.9. The van der Waals surface area contributed by atoms with E-state index in [0.29, 0.717) is 5.70 Å². The number of rotatable bonds is 1. The number of allylic oxidation sites excluding steroid dienone is 3. The highest BCUT2D eigenvalue weighted by Gasteiger charge is 2.33. The van der Waals surface area contributed by atoms with Crippen LogP contribution in [-0.2, 0) is 4.79 Å². The summed E-state index contributed by atoms with van der Waals surface area (Å²) in [6.45, 7) is 0. The highest BCUT2D eigenvalue weighted by Crippen LogP contribution is 2.38. The Morgan fingerprint density at radius 3 is 2.65 bits per heavy atom. The van der Waals surface area contributed by atoms with Gasteiger partial charge in [-0.3, -0.25) is 9.59 Å². The summed E-state index contributed by atoms with van der Waals surface area (Å²) < 4.78 is 27.5. The van der Waals surface area contributed by atoms with Gasteiger partial charge in [-0.25, -0.2) is 13.8 Å². The Morgan fingerprint density at radius 2 is 1.88 bits per heavy atom. The first-order valence-electron chi connectivity index (χ1n) is 8.54. The van der Waals surface area contributed by atoms with Gasteiger partial charge in [0.15, 0.2) is 0 Å². The second-order valence-corrected chi connectivity index (χ2v) is 6.54. The van der Waals surface area contributed by atoms with Crippen LogP contribution in [0.4, 0.5) is 8.78 Å². The van der Waals surface area contributed by atoms with Gasteiger partial charge in [0.25, 0.3) is 11.8 Å². The van der Waals surface area contributed by atoms with Crippen LogP contribution in [0, 0.1) is 17.6 Å². The molecule has 0 saturated carbocycles. The van der Waals surface area contributed by atoms with Crippen molar-refractivity contribution in [2.75, 3.05) is 0 Å². The van der Waals surface area contributed by atoms with Gasteiger partial charge in [-0.2, -0.15) is 0 Å². The van der Waals surface area contributed by atoms with Gasteiger partial charge >= 0.3 is 0 Å². The second kappa shape index (κ2) is 6.44. The summed E-state index contributed by atoms with van der Waals surface area (Å²) in [4.78, 5) is 28.3. The average Bonchev–Trinajstić information content (AvgIpc) is 2.61. The van der Waals surface area contributed by atoms with Crippen LogP contribution in [-0.4, -0.2) is 17.5 Å². The van der Waals surface area contributed by atoms with Gasteiger partial charge < -0.3 is 5.32 Å². The maximum absolute atomic E-state index is 13.7. The number of hydrogen-bond donors (Lipinski definition) is 1. The number of nitrogens with zero attached hydrogens (tertiary/aromatic N) is 1. The van der Waals surface area contributed by atoms with Gasteiger partial charge in [-0.05, 0) is 55.5 Å². The summed E-state index contributed by atoms with van der Waals surface area (Å²) in [6, 6.07) is 3.22. The van der Waals surface area contributed by atoms with Crippen LogP contribution in [0.15, 0.2) is 58.3 Å². The van der Waals surface area contributed by atoms with Crippen molar-refractivity contribution in [1.29, 1.82) is 0 Å². The molecule has 0 radical (unpaired) electrons. The Balaban J connectivity index is 1.66. The standard InChI is InChI=1S/C20H16F2N2O2/c21-15-6-3-7-16(22)18(15)20(26)23-11-8-9-13-12-4-1-2-5-14(12)19(25)24-17(13)10-11/h3,6-10,13H,1-2,4-5H2,(H,24,25). The number of fused-ring (bicyclic) bond motifs is 2. The minimum Gasteiger partial charge on any atom is -0.325 e. The van der Waals surface area contributed by atoms with E-state index < -0.39 is 23.1 Å². The van der Waals surface area contributed by atoms with Crippen LogP contribution in [0.3, 0.4) is 0 Å². The molecule has 0 spiro atoms. The molecule has 1 unspecified atom stereocenters. The predicted molar refractivity (Wildman–Crippen MR) is 92.5 cm³/mol. The Hall–Kier alpha value is -2.89. The molecule has 1 N–H and O–H groups in total. The van der Waals surface area contributed by atoms with Gasteiger partial charge in [0, 0.05) is 17.2 Å². The maximum Gasteiger partial charge on any atom is 0.283 e. The van der Waals surface area contributed by atoms with Crippen molar-refractivity contribution < 1.29 is 18.4 Å². The van der Waals surface area contributed by atoms with Crippen molar-refractivity contribution in [3.8, 4) is 0 Å². The number of halogens is 2. The summed E-state index contributed by atoms with van der Waals surface area (Å²) >= 11 is 0. The number of hydrogen-bond acceptors (Lipinski definition) is 2. The summed E-state index contributed by atoms with van der Waals surface area (Å²) in [5.74, 6) is -3.03. The molecule has 0 aromatic heterocycles. The fraction of sp³-hybridized carbons (Fsp3) is 0.250. The first-order valence-corrected chi connectivity index (χ1v) is 8.54. The molecule has 0 fully saturated rings. The molecule has 132 valence electrons. The molecular weight excluding hydrogens is 338 g/mol. The van der Waals surface area contributed by atoms with Gasteiger partial charge in [0.2, 0.25) is 0 Å². The van der Waals surface area contributed by atoms with Crippen LogP contribution >= 0.6 is 0 Å². The van der Waals surface area contributed by atoms with E-state index in [1.54, 1.807) is 12.2 Å². The first kappa shape index (κ1) is 16.6. The Bertz CT molecular complexity index is 921. The van der Waals surface area contributed by atoms with E-state index in [0.717, 1.165) is 49.0 Å². The average molecular weight is 354 g/mol. The number of carbonyl (C=O) groups excluding carboxylic acids is 2. The minimum atomic E-state index is -0.991. The lowest BCUT2D eigenvalue weighted by atomic mass is 9.77. The summed E-state index contributed by atoms with van der Waals surface area (Å²) in [6.07, 6.45) is 8.84. The van der Waals surface area contributed by atoms with Crippen molar-refractivity contribution in [3.63, 3.8) is 0 Å². The van der Waals surface area contributed by atoms with Gasteiger partial charge in [0.1, 0.15) is 17.2 Å². The second-order valence-electron chi connectivity index (χ2n) is 6.54. The van der Waals surface area contributed by atoms with E-state index in [-0.39, 0.29) is 17.5 Å². The monoisotopic (exact) mass is 354 g/mol. The molecule has 1 aromatic carbocycles. The first-order chi connectivity index (χ1) is 12.5. The number of carbonyl (C=O) groups is 2. The quantitative estimate of drug-likeness (QED) is 0.837. The summed E-state index contributed by atoms with van der Waals surface area (Å²) in [7, 11) is 0. The fourth-order valence-electron chi connectivity index (χ4n) is 3.70. The van der Waals surface area contributed by atoms with Crippen molar-refractivity contribution in [3.05, 3.63) is 70.5 Å². The van der Waals surface area contributed by atoms with E-state index in [1.807, 2.05) is 6.08 Å². The highest BCUT2D eigenvalue weighted by molar-refractivity contribution is 6.14. The van der Waals surface area contributed by atoms with E-state index in [9.17, 15) is 18.4 Å². The molecule has 1 atom stereocenters. The van der Waals surface area contributed by atoms with Crippen molar-refractivity contribution in [2.45, 2.75) is 25.7 Å². The van der Waals surface area contributed by atoms with Crippen LogP contribution < -0.4 is 5.32 Å². The molecule has 1 aromatic rings. The molecule has 1 heterocycles. The lowest BCUT2D eigenvalue weighted by Crippen LogP contribution is -2.37. The number of amides is 2. The lowest BCUT2D eigenvalue weighted by molar-refractivity contribution is -0.117. The van der Waals surface area contributed by atoms with E-state index >= 15 is 0 Å². The zero-order chi connectivity index (χ0) is 18.3. The van der Waals surface area contributed by atoms with Gasteiger partial charge in [-0.15, -0.1) is 0 Å². The fourth-order valence-corrected chi connectivity index (χ4v) is 3.70. The molecule has 0 bridgehead atoms. The van der Waals surface area contributed by atoms with Crippen molar-refractivity contribution in [1.82, 2.24) is 5.32 Å². The topological polar surface area (TPSA) is 58.5 Å². The number of aliphatic imine (C=N–C) groups is 1. The molecule has 26 heavy (non-hydrogen) atoms. The molecule has 1 aliphatic heterocycles. The van der Waals surface area contributed by atoms with Crippen molar-refractivity contribution in [2.24, 2.45) is 10.9 Å². The minimum absolute atomic E-state index is 0.0257. The Morgan fingerprint density at radius 1 is 1.15 bits per heavy atom. The molecule has 4 rings (SSSR count). The summed E-state index contributed by atoms with van der Waals surface area (Å²) in [5.41, 5.74) is 2.20. The smallest absolute Gasteiger partial charge is 0.283 e. The Labute approximate surface area is 149 Å². The Kier molecular flexibility index (Phi) is 4.11. The van der Waals surface area contributed by atoms with Crippen LogP contribution in [0.2, 0.25) is 0 Å². The zero-order valence-electron chi connectivity index (χ0n) is 13.9. The summed E-state index contributed by atoms with van der Waals surface area (Å²) in [5, 5.41) is 2.86. The third-order valence-corrected chi connectivity index (χ3v) is 4.92. The third-order valence-electron chi connectivity index (χ3n) is 4.92. The van der Waals surface area contributed by atoms with E-state index in [2.05, 4.69) is 10.3 Å². The van der Waals surface area contributed by atoms with Gasteiger partial charge in [-0.1, -0.05) is 12.1 Å². The molecule has 2 amide bonds. The molecule has 6 heteroatoms. The molecule has 0 saturated heterocycles. The van der Waals surface area contributed by atoms with Crippen LogP contribution in [0.25, 0.3) is 0 Å². The molecule has 2 aliphatic carbocycles. The molecule has 4 nitrogen and oxygen atoms in total. The SMILES string of the molecule is O=C1NC2=CC(=NC(=O)c3c(F)cccc3F)C=CC2C2=C1CCCC2. The van der Waals surface area contributed by atoms with Gasteiger partial charge in [0.05, 0.1) is 5.71 Å². The highest BCUT2D eigenvalue weighted by atomic mass is 19.1. The largest absolute Gasteiger partial charge is 0.325 e. The normalized spacial score (nSPS) is 23.3. The number of nitrogens with one attached hydrogen (secondary N) is 1. The predicted octanol–water partition coefficient (Wildman–Crippen LogP) is 3.62.